The van der Waals surface area contributed by atoms with Crippen LogP contribution in [0, 0.1) is 10.1 Å². The first-order chi connectivity index (χ1) is 14.1. The number of rotatable bonds is 1. The summed E-state index contributed by atoms with van der Waals surface area (Å²) < 4.78 is 11.8. The molecule has 3 aliphatic rings. The number of hydrogen-bond donors (Lipinski definition) is 0. The summed E-state index contributed by atoms with van der Waals surface area (Å²) in [7, 11) is 0. The first-order valence-corrected chi connectivity index (χ1v) is 10.3. The van der Waals surface area contributed by atoms with E-state index in [0.717, 1.165) is 0 Å². The maximum atomic E-state index is 13.6. The Bertz CT molecular complexity index is 996. The van der Waals surface area contributed by atoms with E-state index >= 15 is 0 Å². The van der Waals surface area contributed by atoms with Gasteiger partial charge in [0.1, 0.15) is 23.1 Å². The number of carbonyl (C=O) groups excluding carboxylic acids is 2. The number of non-ortho nitro benzene ring substituents is 1. The van der Waals surface area contributed by atoms with Gasteiger partial charge in [-0.3, -0.25) is 24.7 Å². The molecule has 3 aliphatic heterocycles. The van der Waals surface area contributed by atoms with Gasteiger partial charge < -0.3 is 14.4 Å². The highest BCUT2D eigenvalue weighted by atomic mass is 16.6. The summed E-state index contributed by atoms with van der Waals surface area (Å²) in [6, 6.07) is 2.62. The van der Waals surface area contributed by atoms with Crippen molar-refractivity contribution >= 4 is 29.1 Å². The number of nitro groups is 1. The summed E-state index contributed by atoms with van der Waals surface area (Å²) in [5.74, 6) is -0.359. The average molecular weight is 432 g/mol. The van der Waals surface area contributed by atoms with E-state index in [9.17, 15) is 19.7 Å². The highest BCUT2D eigenvalue weighted by Crippen LogP contribution is 2.51. The van der Waals surface area contributed by atoms with Crippen LogP contribution in [0.1, 0.15) is 58.8 Å². The van der Waals surface area contributed by atoms with Crippen LogP contribution in [-0.2, 0) is 9.47 Å². The molecule has 0 aliphatic carbocycles. The zero-order valence-electron chi connectivity index (χ0n) is 18.9. The summed E-state index contributed by atoms with van der Waals surface area (Å²) in [5.41, 5.74) is -1.58. The molecular formula is C21H28N4O6. The van der Waals surface area contributed by atoms with Crippen LogP contribution in [0.4, 0.5) is 21.9 Å². The van der Waals surface area contributed by atoms with Gasteiger partial charge in [0.2, 0.25) is 0 Å². The predicted octanol–water partition coefficient (Wildman–Crippen LogP) is 3.48. The second-order valence-electron chi connectivity index (χ2n) is 10.1. The zero-order chi connectivity index (χ0) is 23.1. The van der Waals surface area contributed by atoms with Gasteiger partial charge in [-0.05, 0) is 48.5 Å². The maximum Gasteiger partial charge on any atom is 0.414 e. The average Bonchev–Trinajstić information content (AvgIpc) is 2.80. The van der Waals surface area contributed by atoms with Crippen LogP contribution < -0.4 is 9.80 Å². The van der Waals surface area contributed by atoms with Crippen molar-refractivity contribution in [3.05, 3.63) is 27.8 Å². The molecular weight excluding hydrogens is 404 g/mol. The van der Waals surface area contributed by atoms with E-state index in [2.05, 4.69) is 0 Å². The monoisotopic (exact) mass is 432 g/mol. The summed E-state index contributed by atoms with van der Waals surface area (Å²) >= 11 is 0. The summed E-state index contributed by atoms with van der Waals surface area (Å²) in [6.07, 6.45) is -1.02. The molecule has 1 atom stereocenters. The van der Waals surface area contributed by atoms with Gasteiger partial charge in [-0.15, -0.1) is 0 Å². The van der Waals surface area contributed by atoms with E-state index in [1.165, 1.54) is 17.0 Å². The molecule has 31 heavy (non-hydrogen) atoms. The van der Waals surface area contributed by atoms with Gasteiger partial charge in [-0.2, -0.15) is 0 Å². The minimum absolute atomic E-state index is 0.183. The van der Waals surface area contributed by atoms with Gasteiger partial charge >= 0.3 is 6.09 Å². The van der Waals surface area contributed by atoms with Gasteiger partial charge in [-0.25, -0.2) is 4.79 Å². The molecule has 1 aromatic carbocycles. The highest BCUT2D eigenvalue weighted by molar-refractivity contribution is 6.09. The van der Waals surface area contributed by atoms with Crippen LogP contribution in [0.15, 0.2) is 12.1 Å². The molecule has 168 valence electrons. The van der Waals surface area contributed by atoms with Crippen molar-refractivity contribution in [2.45, 2.75) is 71.6 Å². The Morgan fingerprint density at radius 3 is 2.45 bits per heavy atom. The molecule has 1 saturated heterocycles. The minimum atomic E-state index is -0.893. The number of benzene rings is 1. The van der Waals surface area contributed by atoms with Crippen molar-refractivity contribution in [2.24, 2.45) is 0 Å². The van der Waals surface area contributed by atoms with Crippen LogP contribution in [0.3, 0.4) is 0 Å². The smallest absolute Gasteiger partial charge is 0.414 e. The van der Waals surface area contributed by atoms with Crippen molar-refractivity contribution in [3.63, 3.8) is 0 Å². The Morgan fingerprint density at radius 1 is 1.23 bits per heavy atom. The van der Waals surface area contributed by atoms with Gasteiger partial charge in [0.25, 0.3) is 11.6 Å². The van der Waals surface area contributed by atoms with Crippen LogP contribution >= 0.6 is 0 Å². The molecule has 10 nitrogen and oxygen atoms in total. The van der Waals surface area contributed by atoms with Gasteiger partial charge in [0.15, 0.2) is 0 Å². The molecule has 2 amide bonds. The molecule has 0 bridgehead atoms. The first kappa shape index (κ1) is 21.4. The predicted molar refractivity (Wildman–Crippen MR) is 113 cm³/mol. The Balaban J connectivity index is 1.92. The Morgan fingerprint density at radius 2 is 1.87 bits per heavy atom. The lowest BCUT2D eigenvalue weighted by molar-refractivity contribution is -0.384. The fourth-order valence-corrected chi connectivity index (χ4v) is 4.92. The Labute approximate surface area is 180 Å². The molecule has 0 spiro atoms. The van der Waals surface area contributed by atoms with E-state index in [1.807, 2.05) is 32.6 Å². The summed E-state index contributed by atoms with van der Waals surface area (Å²) in [4.78, 5) is 42.6. The van der Waals surface area contributed by atoms with Crippen molar-refractivity contribution in [2.75, 3.05) is 22.9 Å². The Hall–Kier alpha value is -2.88. The minimum Gasteiger partial charge on any atom is -0.443 e. The van der Waals surface area contributed by atoms with Crippen molar-refractivity contribution in [1.82, 2.24) is 4.90 Å². The number of nitro benzene ring substituents is 1. The molecule has 0 N–H and O–H groups in total. The molecule has 0 saturated carbocycles. The topological polar surface area (TPSA) is 105 Å². The number of nitrogens with zero attached hydrogens (tertiary/aromatic N) is 4. The molecule has 1 aromatic rings. The summed E-state index contributed by atoms with van der Waals surface area (Å²) in [5, 5.41) is 11.6. The van der Waals surface area contributed by atoms with E-state index in [-0.39, 0.29) is 23.7 Å². The Kier molecular flexibility index (Phi) is 4.35. The van der Waals surface area contributed by atoms with E-state index in [1.54, 1.807) is 25.7 Å². The fourth-order valence-electron chi connectivity index (χ4n) is 4.92. The number of hydrogen-bond acceptors (Lipinski definition) is 7. The fraction of sp³-hybridized carbons (Fsp3) is 0.619. The quantitative estimate of drug-likeness (QED) is 0.494. The third-order valence-corrected chi connectivity index (χ3v) is 5.75. The molecule has 0 radical (unpaired) electrons. The van der Waals surface area contributed by atoms with E-state index in [0.29, 0.717) is 17.9 Å². The largest absolute Gasteiger partial charge is 0.443 e. The number of anilines is 2. The van der Waals surface area contributed by atoms with Gasteiger partial charge in [0.05, 0.1) is 21.9 Å². The normalized spacial score (nSPS) is 23.4. The first-order valence-electron chi connectivity index (χ1n) is 10.3. The lowest BCUT2D eigenvalue weighted by atomic mass is 9.94. The lowest BCUT2D eigenvalue weighted by Crippen LogP contribution is -2.64. The number of amides is 2. The molecule has 0 aromatic heterocycles. The molecule has 10 heteroatoms. The third kappa shape index (κ3) is 3.20. The van der Waals surface area contributed by atoms with E-state index in [4.69, 9.17) is 9.47 Å². The molecule has 4 rings (SSSR count). The number of fused-ring (bicyclic) bond motifs is 2. The SMILES string of the molecule is CC(C)(C)OC(=O)N1CCN2c3c(cc([N+](=O)[O-])cc31)C(=O)N1[C@@H]2C(C)(C)OC1(C)C. The molecule has 1 fully saturated rings. The van der Waals surface area contributed by atoms with Crippen LogP contribution in [0.5, 0.6) is 0 Å². The second kappa shape index (κ2) is 6.32. The second-order valence-corrected chi connectivity index (χ2v) is 10.1. The highest BCUT2D eigenvalue weighted by Gasteiger charge is 2.60. The van der Waals surface area contributed by atoms with Crippen molar-refractivity contribution in [3.8, 4) is 0 Å². The molecule has 3 heterocycles. The third-order valence-electron chi connectivity index (χ3n) is 5.75. The van der Waals surface area contributed by atoms with Crippen molar-refractivity contribution in [1.29, 1.82) is 0 Å². The molecule has 0 unspecified atom stereocenters. The van der Waals surface area contributed by atoms with E-state index < -0.39 is 34.1 Å². The standard InChI is InChI=1S/C21H28N4O6/c1-19(2,3)30-18(27)22-8-9-23-15-13(10-12(25(28)29)11-14(15)22)16(26)24-17(23)20(4,5)31-21(24,6)7/h10-11,17H,8-9H2,1-7H3/t17-/m1/s1. The zero-order valence-corrected chi connectivity index (χ0v) is 18.9. The lowest BCUT2D eigenvalue weighted by Gasteiger charge is -2.50. The van der Waals surface area contributed by atoms with Crippen LogP contribution in [0.25, 0.3) is 0 Å². The van der Waals surface area contributed by atoms with Crippen molar-refractivity contribution < 1.29 is 24.0 Å². The van der Waals surface area contributed by atoms with Crippen LogP contribution in [0.2, 0.25) is 0 Å². The van der Waals surface area contributed by atoms with Gasteiger partial charge in [0, 0.05) is 25.2 Å². The van der Waals surface area contributed by atoms with Crippen LogP contribution in [-0.4, -0.2) is 58.0 Å². The summed E-state index contributed by atoms with van der Waals surface area (Å²) in [6.45, 7) is 13.4. The maximum absolute atomic E-state index is 13.6. The number of carbonyl (C=O) groups is 2. The number of ether oxygens (including phenoxy) is 2. The van der Waals surface area contributed by atoms with Gasteiger partial charge in [-0.1, -0.05) is 0 Å².